The minimum atomic E-state index is 0.505. The van der Waals surface area contributed by atoms with E-state index in [1.54, 1.807) is 7.11 Å². The van der Waals surface area contributed by atoms with Gasteiger partial charge in [0, 0.05) is 32.6 Å². The molecule has 1 unspecified atom stereocenters. The number of nitrogens with one attached hydrogen (secondary N) is 1. The summed E-state index contributed by atoms with van der Waals surface area (Å²) >= 11 is 0. The van der Waals surface area contributed by atoms with Crippen molar-refractivity contribution in [2.24, 2.45) is 5.92 Å². The summed E-state index contributed by atoms with van der Waals surface area (Å²) in [5.74, 6) is 1.47. The molecule has 1 N–H and O–H groups in total. The second kappa shape index (κ2) is 7.28. The minimum Gasteiger partial charge on any atom is -0.384 e. The summed E-state index contributed by atoms with van der Waals surface area (Å²) in [6.45, 7) is 7.09. The number of imidazole rings is 1. The minimum absolute atomic E-state index is 0.505. The molecule has 4 nitrogen and oxygen atoms in total. The van der Waals surface area contributed by atoms with E-state index in [4.69, 9.17) is 4.74 Å². The molecule has 0 aliphatic heterocycles. The van der Waals surface area contributed by atoms with E-state index < -0.39 is 0 Å². The van der Waals surface area contributed by atoms with Gasteiger partial charge in [-0.05, 0) is 12.3 Å². The van der Waals surface area contributed by atoms with E-state index in [1.165, 1.54) is 12.8 Å². The average molecular weight is 225 g/mol. The summed E-state index contributed by atoms with van der Waals surface area (Å²) in [7, 11) is 1.74. The Morgan fingerprint density at radius 1 is 1.56 bits per heavy atom. The van der Waals surface area contributed by atoms with Crippen LogP contribution in [0.1, 0.15) is 26.7 Å². The van der Waals surface area contributed by atoms with Crippen molar-refractivity contribution in [1.82, 2.24) is 9.55 Å². The molecule has 1 heterocycles. The molecule has 0 saturated carbocycles. The van der Waals surface area contributed by atoms with Gasteiger partial charge in [0.15, 0.2) is 0 Å². The maximum absolute atomic E-state index is 5.14. The molecule has 0 radical (unpaired) electrons. The fourth-order valence-electron chi connectivity index (χ4n) is 1.67. The molecule has 0 aliphatic rings. The summed E-state index contributed by atoms with van der Waals surface area (Å²) in [4.78, 5) is 4.31. The molecule has 1 rings (SSSR count). The lowest BCUT2D eigenvalue weighted by Gasteiger charge is -2.14. The van der Waals surface area contributed by atoms with Crippen molar-refractivity contribution in [3.05, 3.63) is 12.4 Å². The van der Waals surface area contributed by atoms with Gasteiger partial charge in [-0.15, -0.1) is 0 Å². The lowest BCUT2D eigenvalue weighted by atomic mass is 10.2. The van der Waals surface area contributed by atoms with Crippen LogP contribution >= 0.6 is 0 Å². The summed E-state index contributed by atoms with van der Waals surface area (Å²) in [6.07, 6.45) is 6.24. The monoisotopic (exact) mass is 225 g/mol. The number of unbranched alkanes of at least 4 members (excludes halogenated alkanes) is 1. The highest BCUT2D eigenvalue weighted by Crippen LogP contribution is 2.09. The van der Waals surface area contributed by atoms with Crippen LogP contribution in [-0.2, 0) is 11.3 Å². The Morgan fingerprint density at radius 3 is 3.06 bits per heavy atom. The number of anilines is 1. The molecule has 92 valence electrons. The van der Waals surface area contributed by atoms with Crippen LogP contribution < -0.4 is 5.32 Å². The van der Waals surface area contributed by atoms with Crippen LogP contribution in [0.3, 0.4) is 0 Å². The Balaban J connectivity index is 2.43. The Morgan fingerprint density at radius 2 is 2.38 bits per heavy atom. The first-order chi connectivity index (χ1) is 7.77. The van der Waals surface area contributed by atoms with Crippen LogP contribution in [0.25, 0.3) is 0 Å². The molecule has 1 aromatic rings. The highest BCUT2D eigenvalue weighted by Gasteiger charge is 2.06. The Bertz CT molecular complexity index is 286. The number of methoxy groups -OCH3 is 1. The first-order valence-corrected chi connectivity index (χ1v) is 6.01. The Labute approximate surface area is 98.0 Å². The molecular weight excluding hydrogens is 202 g/mol. The smallest absolute Gasteiger partial charge is 0.202 e. The number of ether oxygens (including phenoxy) is 1. The molecule has 0 saturated heterocycles. The summed E-state index contributed by atoms with van der Waals surface area (Å²) < 4.78 is 7.29. The van der Waals surface area contributed by atoms with Crippen LogP contribution in [-0.4, -0.2) is 29.8 Å². The van der Waals surface area contributed by atoms with E-state index in [2.05, 4.69) is 28.7 Å². The van der Waals surface area contributed by atoms with Gasteiger partial charge in [-0.1, -0.05) is 20.3 Å². The van der Waals surface area contributed by atoms with Crippen molar-refractivity contribution in [3.8, 4) is 0 Å². The quantitative estimate of drug-likeness (QED) is 0.690. The van der Waals surface area contributed by atoms with E-state index in [0.717, 1.165) is 25.6 Å². The standard InChI is InChI=1S/C12H23N3O/c1-4-5-6-13-12-14-7-8-15(12)9-11(2)10-16-3/h7-8,11H,4-6,9-10H2,1-3H3,(H,13,14). The van der Waals surface area contributed by atoms with E-state index in [0.29, 0.717) is 5.92 Å². The zero-order chi connectivity index (χ0) is 11.8. The maximum atomic E-state index is 5.14. The van der Waals surface area contributed by atoms with Crippen LogP contribution in [0.5, 0.6) is 0 Å². The topological polar surface area (TPSA) is 39.1 Å². The molecule has 0 fully saturated rings. The fourth-order valence-corrected chi connectivity index (χ4v) is 1.67. The Hall–Kier alpha value is -1.03. The SMILES string of the molecule is CCCCNc1nccn1CC(C)COC. The third kappa shape index (κ3) is 4.23. The lowest BCUT2D eigenvalue weighted by Crippen LogP contribution is -2.15. The van der Waals surface area contributed by atoms with Gasteiger partial charge in [-0.2, -0.15) is 0 Å². The number of hydrogen-bond donors (Lipinski definition) is 1. The fraction of sp³-hybridized carbons (Fsp3) is 0.750. The second-order valence-corrected chi connectivity index (χ2v) is 4.24. The summed E-state index contributed by atoms with van der Waals surface area (Å²) in [5, 5.41) is 3.35. The van der Waals surface area contributed by atoms with Gasteiger partial charge in [-0.25, -0.2) is 4.98 Å². The molecule has 0 bridgehead atoms. The number of nitrogens with zero attached hydrogens (tertiary/aromatic N) is 2. The van der Waals surface area contributed by atoms with Gasteiger partial charge in [0.05, 0.1) is 6.61 Å². The van der Waals surface area contributed by atoms with Crippen molar-refractivity contribution in [1.29, 1.82) is 0 Å². The number of rotatable bonds is 8. The van der Waals surface area contributed by atoms with Crippen molar-refractivity contribution < 1.29 is 4.74 Å². The highest BCUT2D eigenvalue weighted by atomic mass is 16.5. The predicted molar refractivity (Wildman–Crippen MR) is 66.7 cm³/mol. The number of aromatic nitrogens is 2. The normalized spacial score (nSPS) is 12.7. The van der Waals surface area contributed by atoms with Crippen molar-refractivity contribution in [3.63, 3.8) is 0 Å². The highest BCUT2D eigenvalue weighted by molar-refractivity contribution is 5.25. The van der Waals surface area contributed by atoms with E-state index in [9.17, 15) is 0 Å². The van der Waals surface area contributed by atoms with Crippen molar-refractivity contribution >= 4 is 5.95 Å². The first kappa shape index (κ1) is 13.0. The van der Waals surface area contributed by atoms with E-state index in [-0.39, 0.29) is 0 Å². The van der Waals surface area contributed by atoms with Gasteiger partial charge in [0.25, 0.3) is 0 Å². The predicted octanol–water partition coefficient (Wildman–Crippen LogP) is 2.38. The van der Waals surface area contributed by atoms with Gasteiger partial charge in [0.1, 0.15) is 0 Å². The van der Waals surface area contributed by atoms with E-state index >= 15 is 0 Å². The maximum Gasteiger partial charge on any atom is 0.202 e. The number of hydrogen-bond acceptors (Lipinski definition) is 3. The summed E-state index contributed by atoms with van der Waals surface area (Å²) in [5.41, 5.74) is 0. The van der Waals surface area contributed by atoms with Gasteiger partial charge >= 0.3 is 0 Å². The first-order valence-electron chi connectivity index (χ1n) is 6.01. The zero-order valence-electron chi connectivity index (χ0n) is 10.6. The second-order valence-electron chi connectivity index (χ2n) is 4.24. The third-order valence-electron chi connectivity index (χ3n) is 2.49. The zero-order valence-corrected chi connectivity index (χ0v) is 10.6. The lowest BCUT2D eigenvalue weighted by molar-refractivity contribution is 0.151. The molecule has 0 spiro atoms. The molecule has 1 atom stereocenters. The van der Waals surface area contributed by atoms with Crippen LogP contribution in [0.2, 0.25) is 0 Å². The van der Waals surface area contributed by atoms with Crippen molar-refractivity contribution in [2.45, 2.75) is 33.2 Å². The molecule has 4 heteroatoms. The molecule has 1 aromatic heterocycles. The Kier molecular flexibility index (Phi) is 5.93. The van der Waals surface area contributed by atoms with Crippen LogP contribution in [0.4, 0.5) is 5.95 Å². The van der Waals surface area contributed by atoms with Crippen LogP contribution in [0.15, 0.2) is 12.4 Å². The van der Waals surface area contributed by atoms with Gasteiger partial charge < -0.3 is 14.6 Å². The average Bonchev–Trinajstić information content (AvgIpc) is 2.66. The van der Waals surface area contributed by atoms with E-state index in [1.807, 2.05) is 12.4 Å². The molecule has 0 aromatic carbocycles. The molecular formula is C12H23N3O. The van der Waals surface area contributed by atoms with Gasteiger partial charge in [0.2, 0.25) is 5.95 Å². The largest absolute Gasteiger partial charge is 0.384 e. The third-order valence-corrected chi connectivity index (χ3v) is 2.49. The molecule has 0 amide bonds. The summed E-state index contributed by atoms with van der Waals surface area (Å²) in [6, 6.07) is 0. The molecule has 0 aliphatic carbocycles. The molecule has 16 heavy (non-hydrogen) atoms. The van der Waals surface area contributed by atoms with Crippen molar-refractivity contribution in [2.75, 3.05) is 25.6 Å². The van der Waals surface area contributed by atoms with Crippen LogP contribution in [0, 0.1) is 5.92 Å². The van der Waals surface area contributed by atoms with Gasteiger partial charge in [-0.3, -0.25) is 0 Å².